The fourth-order valence-electron chi connectivity index (χ4n) is 2.06. The number of rotatable bonds is 5. The van der Waals surface area contributed by atoms with Crippen LogP contribution in [-0.4, -0.2) is 16.0 Å². The van der Waals surface area contributed by atoms with Crippen LogP contribution in [0.4, 0.5) is 4.39 Å². The van der Waals surface area contributed by atoms with Crippen molar-refractivity contribution in [2.45, 2.75) is 19.5 Å². The maximum absolute atomic E-state index is 13.7. The van der Waals surface area contributed by atoms with E-state index in [0.29, 0.717) is 17.8 Å². The van der Waals surface area contributed by atoms with Gasteiger partial charge in [-0.3, -0.25) is 4.98 Å². The van der Waals surface area contributed by atoms with Gasteiger partial charge < -0.3 is 16.3 Å². The van der Waals surface area contributed by atoms with E-state index >= 15 is 0 Å². The van der Waals surface area contributed by atoms with Gasteiger partial charge in [0, 0.05) is 24.3 Å². The van der Waals surface area contributed by atoms with Gasteiger partial charge in [0.25, 0.3) is 0 Å². The van der Waals surface area contributed by atoms with Crippen LogP contribution in [0.3, 0.4) is 0 Å². The number of hydrogen-bond acceptors (Lipinski definition) is 4. The summed E-state index contributed by atoms with van der Waals surface area (Å²) >= 11 is 0. The lowest BCUT2D eigenvalue weighted by molar-refractivity contribution is 0.318. The van der Waals surface area contributed by atoms with Crippen LogP contribution in [0.15, 0.2) is 47.8 Å². The Morgan fingerprint density at radius 3 is 2.86 bits per heavy atom. The van der Waals surface area contributed by atoms with E-state index in [4.69, 9.17) is 10.9 Å². The van der Waals surface area contributed by atoms with E-state index in [0.717, 1.165) is 5.56 Å². The number of amidine groups is 1. The monoisotopic (exact) mass is 288 g/mol. The molecule has 1 aromatic carbocycles. The summed E-state index contributed by atoms with van der Waals surface area (Å²) < 4.78 is 13.7. The largest absolute Gasteiger partial charge is 0.409 e. The lowest BCUT2D eigenvalue weighted by Gasteiger charge is -2.16. The molecule has 0 radical (unpaired) electrons. The summed E-state index contributed by atoms with van der Waals surface area (Å²) in [7, 11) is 0. The normalized spacial score (nSPS) is 13.1. The maximum atomic E-state index is 13.7. The second-order valence-corrected chi connectivity index (χ2v) is 4.62. The molecule has 0 saturated heterocycles. The second kappa shape index (κ2) is 6.81. The molecule has 1 aromatic heterocycles. The zero-order chi connectivity index (χ0) is 15.2. The van der Waals surface area contributed by atoms with Crippen molar-refractivity contribution in [1.82, 2.24) is 10.3 Å². The topological polar surface area (TPSA) is 83.5 Å². The summed E-state index contributed by atoms with van der Waals surface area (Å²) in [5, 5.41) is 14.9. The molecule has 21 heavy (non-hydrogen) atoms. The van der Waals surface area contributed by atoms with E-state index in [1.165, 1.54) is 6.07 Å². The minimum Gasteiger partial charge on any atom is -0.409 e. The molecule has 0 aliphatic rings. The van der Waals surface area contributed by atoms with Crippen molar-refractivity contribution in [3.8, 4) is 0 Å². The third-order valence-corrected chi connectivity index (χ3v) is 3.21. The predicted molar refractivity (Wildman–Crippen MR) is 78.4 cm³/mol. The highest BCUT2D eigenvalue weighted by Gasteiger charge is 2.12. The molecular formula is C15H17FN4O. The van der Waals surface area contributed by atoms with Crippen molar-refractivity contribution in [2.75, 3.05) is 0 Å². The van der Waals surface area contributed by atoms with Crippen molar-refractivity contribution in [3.05, 3.63) is 65.2 Å². The molecule has 5 nitrogen and oxygen atoms in total. The van der Waals surface area contributed by atoms with Crippen LogP contribution in [0, 0.1) is 5.82 Å². The third kappa shape index (κ3) is 3.55. The first-order chi connectivity index (χ1) is 10.1. The number of nitrogens with two attached hydrogens (primary N) is 1. The van der Waals surface area contributed by atoms with Crippen LogP contribution >= 0.6 is 0 Å². The fraction of sp³-hybridized carbons (Fsp3) is 0.200. The first-order valence-electron chi connectivity index (χ1n) is 6.53. The van der Waals surface area contributed by atoms with Gasteiger partial charge in [-0.05, 0) is 24.6 Å². The Morgan fingerprint density at radius 2 is 2.14 bits per heavy atom. The molecule has 1 heterocycles. The Kier molecular flexibility index (Phi) is 4.84. The van der Waals surface area contributed by atoms with Crippen LogP contribution in [0.2, 0.25) is 0 Å². The Bertz CT molecular complexity index is 645. The Morgan fingerprint density at radius 1 is 1.38 bits per heavy atom. The average molecular weight is 288 g/mol. The number of nitrogens with one attached hydrogen (secondary N) is 1. The molecule has 0 saturated carbocycles. The van der Waals surface area contributed by atoms with Gasteiger partial charge in [0.1, 0.15) is 11.5 Å². The lowest BCUT2D eigenvalue weighted by atomic mass is 10.1. The number of aromatic nitrogens is 1. The molecule has 2 rings (SSSR count). The van der Waals surface area contributed by atoms with E-state index < -0.39 is 0 Å². The maximum Gasteiger partial charge on any atom is 0.189 e. The fourth-order valence-corrected chi connectivity index (χ4v) is 2.06. The van der Waals surface area contributed by atoms with E-state index in [1.54, 1.807) is 30.5 Å². The molecule has 6 heteroatoms. The molecule has 0 spiro atoms. The Labute approximate surface area is 122 Å². The summed E-state index contributed by atoms with van der Waals surface area (Å²) in [6.07, 6.45) is 1.57. The third-order valence-electron chi connectivity index (χ3n) is 3.21. The molecule has 0 amide bonds. The molecule has 4 N–H and O–H groups in total. The van der Waals surface area contributed by atoms with Crippen LogP contribution in [-0.2, 0) is 6.54 Å². The van der Waals surface area contributed by atoms with Gasteiger partial charge in [-0.2, -0.15) is 0 Å². The van der Waals surface area contributed by atoms with E-state index in [2.05, 4.69) is 15.5 Å². The zero-order valence-electron chi connectivity index (χ0n) is 11.6. The minimum absolute atomic E-state index is 0.0501. The minimum atomic E-state index is -0.250. The second-order valence-electron chi connectivity index (χ2n) is 4.62. The Hall–Kier alpha value is -2.47. The summed E-state index contributed by atoms with van der Waals surface area (Å²) in [5.74, 6) is -0.300. The van der Waals surface area contributed by atoms with Crippen molar-refractivity contribution in [2.24, 2.45) is 10.9 Å². The van der Waals surface area contributed by atoms with E-state index in [1.807, 2.05) is 13.0 Å². The highest BCUT2D eigenvalue weighted by Crippen LogP contribution is 2.17. The zero-order valence-corrected chi connectivity index (χ0v) is 11.6. The van der Waals surface area contributed by atoms with Crippen molar-refractivity contribution < 1.29 is 9.60 Å². The first-order valence-corrected chi connectivity index (χ1v) is 6.53. The van der Waals surface area contributed by atoms with Gasteiger partial charge >= 0.3 is 0 Å². The number of benzene rings is 1. The molecular weight excluding hydrogens is 271 g/mol. The van der Waals surface area contributed by atoms with Crippen LogP contribution in [0.1, 0.15) is 29.8 Å². The molecule has 1 unspecified atom stereocenters. The summed E-state index contributed by atoms with van der Waals surface area (Å²) in [6.45, 7) is 2.30. The molecule has 0 aliphatic heterocycles. The quantitative estimate of drug-likeness (QED) is 0.341. The molecule has 110 valence electrons. The van der Waals surface area contributed by atoms with Crippen molar-refractivity contribution >= 4 is 5.84 Å². The predicted octanol–water partition coefficient (Wildman–Crippen LogP) is 2.17. The van der Waals surface area contributed by atoms with Crippen LogP contribution in [0.5, 0.6) is 0 Å². The van der Waals surface area contributed by atoms with Gasteiger partial charge in [0.2, 0.25) is 0 Å². The molecule has 1 atom stereocenters. The van der Waals surface area contributed by atoms with Gasteiger partial charge in [-0.15, -0.1) is 0 Å². The highest BCUT2D eigenvalue weighted by molar-refractivity contribution is 5.96. The smallest absolute Gasteiger partial charge is 0.189 e. The summed E-state index contributed by atoms with van der Waals surface area (Å²) in [6, 6.07) is 10.0. The SMILES string of the molecule is CC(NCc1cccnc1C(N)=NO)c1ccccc1F. The number of hydrogen-bond donors (Lipinski definition) is 3. The van der Waals surface area contributed by atoms with Gasteiger partial charge in [-0.1, -0.05) is 29.4 Å². The highest BCUT2D eigenvalue weighted by atomic mass is 19.1. The molecule has 2 aromatic rings. The Balaban J connectivity index is 2.12. The lowest BCUT2D eigenvalue weighted by Crippen LogP contribution is -2.23. The van der Waals surface area contributed by atoms with Crippen molar-refractivity contribution in [3.63, 3.8) is 0 Å². The van der Waals surface area contributed by atoms with Crippen LogP contribution in [0.25, 0.3) is 0 Å². The number of oxime groups is 1. The van der Waals surface area contributed by atoms with E-state index in [-0.39, 0.29) is 17.7 Å². The van der Waals surface area contributed by atoms with E-state index in [9.17, 15) is 4.39 Å². The molecule has 0 aliphatic carbocycles. The average Bonchev–Trinajstić information content (AvgIpc) is 2.52. The van der Waals surface area contributed by atoms with Gasteiger partial charge in [0.15, 0.2) is 5.84 Å². The standard InChI is InChI=1S/C15H17FN4O/c1-10(12-6-2-3-7-13(12)16)19-9-11-5-4-8-18-14(11)15(17)20-21/h2-8,10,19,21H,9H2,1H3,(H2,17,20). The van der Waals surface area contributed by atoms with Crippen molar-refractivity contribution in [1.29, 1.82) is 0 Å². The molecule has 0 fully saturated rings. The first kappa shape index (κ1) is 14.9. The number of halogens is 1. The number of pyridine rings is 1. The number of nitrogens with zero attached hydrogens (tertiary/aromatic N) is 2. The summed E-state index contributed by atoms with van der Waals surface area (Å²) in [4.78, 5) is 4.09. The summed E-state index contributed by atoms with van der Waals surface area (Å²) in [5.41, 5.74) is 7.36. The van der Waals surface area contributed by atoms with Crippen LogP contribution < -0.4 is 11.1 Å². The van der Waals surface area contributed by atoms with Gasteiger partial charge in [-0.25, -0.2) is 4.39 Å². The molecule has 0 bridgehead atoms. The van der Waals surface area contributed by atoms with Gasteiger partial charge in [0.05, 0.1) is 0 Å².